The predicted molar refractivity (Wildman–Crippen MR) is 104 cm³/mol. The fraction of sp³-hybridized carbons (Fsp3) is 0.333. The van der Waals surface area contributed by atoms with Gasteiger partial charge in [0.25, 0.3) is 0 Å². The molecule has 0 fully saturated rings. The third kappa shape index (κ3) is 4.42. The lowest BCUT2D eigenvalue weighted by Gasteiger charge is -2.22. The summed E-state index contributed by atoms with van der Waals surface area (Å²) in [5.41, 5.74) is 3.77. The molecule has 1 N–H and O–H groups in total. The van der Waals surface area contributed by atoms with Gasteiger partial charge in [0.1, 0.15) is 13.2 Å². The molecular formula is C21H22ClNO4. The number of hydrogen-bond donors (Lipinski definition) is 1. The van der Waals surface area contributed by atoms with Crippen LogP contribution in [-0.4, -0.2) is 30.8 Å². The van der Waals surface area contributed by atoms with Gasteiger partial charge < -0.3 is 14.8 Å². The van der Waals surface area contributed by atoms with Crippen LogP contribution in [0.25, 0.3) is 11.1 Å². The van der Waals surface area contributed by atoms with Gasteiger partial charge in [0.05, 0.1) is 6.04 Å². The second-order valence-electron chi connectivity index (χ2n) is 6.87. The van der Waals surface area contributed by atoms with Crippen molar-refractivity contribution in [2.24, 2.45) is 5.92 Å². The Balaban J connectivity index is 1.66. The highest BCUT2D eigenvalue weighted by Gasteiger charge is 2.29. The van der Waals surface area contributed by atoms with E-state index in [1.807, 2.05) is 38.1 Å². The van der Waals surface area contributed by atoms with E-state index in [-0.39, 0.29) is 31.1 Å². The number of hydrogen-bond acceptors (Lipinski definition) is 4. The Hall–Kier alpha value is -2.53. The van der Waals surface area contributed by atoms with Crippen molar-refractivity contribution in [3.63, 3.8) is 0 Å². The monoisotopic (exact) mass is 387 g/mol. The summed E-state index contributed by atoms with van der Waals surface area (Å²) in [6.45, 7) is 4.07. The van der Waals surface area contributed by atoms with E-state index in [0.29, 0.717) is 0 Å². The summed E-state index contributed by atoms with van der Waals surface area (Å²) in [6.07, 6.45) is -0.541. The second-order valence-corrected chi connectivity index (χ2v) is 7.18. The molecule has 27 heavy (non-hydrogen) atoms. The molecule has 0 spiro atoms. The van der Waals surface area contributed by atoms with Gasteiger partial charge in [-0.15, -0.1) is 0 Å². The lowest BCUT2D eigenvalue weighted by molar-refractivity contribution is 0.118. The average Bonchev–Trinajstić information content (AvgIpc) is 2.97. The molecule has 3 rings (SSSR count). The smallest absolute Gasteiger partial charge is 0.407 e. The van der Waals surface area contributed by atoms with Gasteiger partial charge in [0, 0.05) is 17.5 Å². The molecule has 1 aliphatic rings. The van der Waals surface area contributed by atoms with E-state index in [4.69, 9.17) is 21.1 Å². The number of nitrogens with one attached hydrogen (secondary N) is 1. The highest BCUT2D eigenvalue weighted by Crippen LogP contribution is 2.44. The van der Waals surface area contributed by atoms with Crippen LogP contribution in [0.4, 0.5) is 9.59 Å². The zero-order valence-electron chi connectivity index (χ0n) is 15.3. The van der Waals surface area contributed by atoms with Gasteiger partial charge in [-0.05, 0) is 28.2 Å². The number of alkyl carbamates (subject to hydrolysis) is 1. The number of benzene rings is 2. The molecule has 2 aromatic carbocycles. The Morgan fingerprint density at radius 1 is 1.00 bits per heavy atom. The first kappa shape index (κ1) is 19.2. The van der Waals surface area contributed by atoms with Crippen LogP contribution in [0, 0.1) is 5.92 Å². The standard InChI is InChI=1S/C21H22ClNO4/c1-13(2)19(12-26-20(22)24)23-21(25)27-11-18-16-9-5-3-7-14(16)15-8-4-6-10-17(15)18/h3-10,13,18-19H,11-12H2,1-2H3,(H,23,25)/t19-/m1/s1. The summed E-state index contributed by atoms with van der Waals surface area (Å²) in [6, 6.07) is 15.9. The first-order valence-corrected chi connectivity index (χ1v) is 9.29. The number of fused-ring (bicyclic) bond motifs is 3. The maximum absolute atomic E-state index is 12.3. The second kappa shape index (κ2) is 8.44. The van der Waals surface area contributed by atoms with E-state index in [0.717, 1.165) is 11.1 Å². The maximum atomic E-state index is 12.3. The molecule has 0 aromatic heterocycles. The number of carbonyl (C=O) groups excluding carboxylic acids is 2. The molecule has 0 radical (unpaired) electrons. The molecule has 6 heteroatoms. The molecule has 1 amide bonds. The summed E-state index contributed by atoms with van der Waals surface area (Å²) in [4.78, 5) is 23.1. The predicted octanol–water partition coefficient (Wildman–Crippen LogP) is 4.93. The van der Waals surface area contributed by atoms with Crippen molar-refractivity contribution in [2.75, 3.05) is 13.2 Å². The Morgan fingerprint density at radius 2 is 1.56 bits per heavy atom. The van der Waals surface area contributed by atoms with Gasteiger partial charge in [-0.1, -0.05) is 62.4 Å². The van der Waals surface area contributed by atoms with E-state index in [2.05, 4.69) is 29.6 Å². The lowest BCUT2D eigenvalue weighted by Crippen LogP contribution is -2.42. The van der Waals surface area contributed by atoms with Crippen molar-refractivity contribution in [1.29, 1.82) is 0 Å². The number of carbonyl (C=O) groups is 2. The van der Waals surface area contributed by atoms with Crippen molar-refractivity contribution in [2.45, 2.75) is 25.8 Å². The Kier molecular flexibility index (Phi) is 6.01. The first-order chi connectivity index (χ1) is 13.0. The number of rotatable bonds is 6. The van der Waals surface area contributed by atoms with Gasteiger partial charge >= 0.3 is 11.5 Å². The normalized spacial score (nSPS) is 13.6. The van der Waals surface area contributed by atoms with Crippen LogP contribution in [0.2, 0.25) is 0 Å². The minimum atomic E-state index is -0.894. The van der Waals surface area contributed by atoms with Crippen molar-refractivity contribution >= 4 is 23.1 Å². The number of ether oxygens (including phenoxy) is 2. The summed E-state index contributed by atoms with van der Waals surface area (Å²) in [7, 11) is 0. The fourth-order valence-corrected chi connectivity index (χ4v) is 3.41. The molecule has 142 valence electrons. The molecule has 1 aliphatic carbocycles. The van der Waals surface area contributed by atoms with E-state index in [1.165, 1.54) is 11.1 Å². The first-order valence-electron chi connectivity index (χ1n) is 8.91. The van der Waals surface area contributed by atoms with Crippen molar-refractivity contribution in [3.05, 3.63) is 59.7 Å². The topological polar surface area (TPSA) is 64.6 Å². The largest absolute Gasteiger partial charge is 0.451 e. The van der Waals surface area contributed by atoms with Crippen LogP contribution in [0.15, 0.2) is 48.5 Å². The van der Waals surface area contributed by atoms with Gasteiger partial charge in [-0.2, -0.15) is 0 Å². The molecule has 0 bridgehead atoms. The molecule has 0 unspecified atom stereocenters. The van der Waals surface area contributed by atoms with E-state index in [1.54, 1.807) is 0 Å². The molecule has 0 saturated heterocycles. The van der Waals surface area contributed by atoms with E-state index in [9.17, 15) is 9.59 Å². The van der Waals surface area contributed by atoms with Gasteiger partial charge in [0.15, 0.2) is 0 Å². The van der Waals surface area contributed by atoms with Crippen molar-refractivity contribution in [1.82, 2.24) is 5.32 Å². The molecule has 0 heterocycles. The average molecular weight is 388 g/mol. The minimum Gasteiger partial charge on any atom is -0.451 e. The Morgan fingerprint density at radius 3 is 2.07 bits per heavy atom. The van der Waals surface area contributed by atoms with Crippen LogP contribution < -0.4 is 5.32 Å². The van der Waals surface area contributed by atoms with Gasteiger partial charge in [-0.3, -0.25) is 0 Å². The molecule has 5 nitrogen and oxygen atoms in total. The minimum absolute atomic E-state index is 0.00122. The molecule has 1 atom stereocenters. The third-order valence-electron chi connectivity index (χ3n) is 4.83. The van der Waals surface area contributed by atoms with Crippen LogP contribution in [0.3, 0.4) is 0 Å². The van der Waals surface area contributed by atoms with Crippen molar-refractivity contribution < 1.29 is 19.1 Å². The zero-order valence-corrected chi connectivity index (χ0v) is 16.0. The Bertz CT molecular complexity index is 791. The summed E-state index contributed by atoms with van der Waals surface area (Å²) in [5, 5.41) is 2.75. The van der Waals surface area contributed by atoms with E-state index >= 15 is 0 Å². The fourth-order valence-electron chi connectivity index (χ4n) is 3.35. The molecule has 2 aromatic rings. The maximum Gasteiger partial charge on any atom is 0.407 e. The Labute approximate surface area is 163 Å². The quantitative estimate of drug-likeness (QED) is 0.714. The number of halogens is 1. The van der Waals surface area contributed by atoms with Crippen LogP contribution in [0.5, 0.6) is 0 Å². The van der Waals surface area contributed by atoms with E-state index < -0.39 is 11.5 Å². The van der Waals surface area contributed by atoms with Crippen molar-refractivity contribution in [3.8, 4) is 11.1 Å². The zero-order chi connectivity index (χ0) is 19.4. The SMILES string of the molecule is CC(C)[C@@H](COC(=O)Cl)NC(=O)OCC1c2ccccc2-c2ccccc21. The third-order valence-corrected chi connectivity index (χ3v) is 4.94. The summed E-state index contributed by atoms with van der Waals surface area (Å²) < 4.78 is 10.3. The molecule has 0 saturated carbocycles. The lowest BCUT2D eigenvalue weighted by atomic mass is 9.98. The highest BCUT2D eigenvalue weighted by atomic mass is 35.5. The summed E-state index contributed by atoms with van der Waals surface area (Å²) >= 11 is 5.20. The van der Waals surface area contributed by atoms with Crippen LogP contribution >= 0.6 is 11.6 Å². The van der Waals surface area contributed by atoms with Gasteiger partial charge in [0.2, 0.25) is 0 Å². The number of amides is 1. The summed E-state index contributed by atoms with van der Waals surface area (Å²) in [5.74, 6) is 0.0582. The molecular weight excluding hydrogens is 366 g/mol. The molecule has 0 aliphatic heterocycles. The van der Waals surface area contributed by atoms with Crippen LogP contribution in [0.1, 0.15) is 30.9 Å². The van der Waals surface area contributed by atoms with Gasteiger partial charge in [-0.25, -0.2) is 9.59 Å². The highest BCUT2D eigenvalue weighted by molar-refractivity contribution is 6.61. The van der Waals surface area contributed by atoms with Crippen LogP contribution in [-0.2, 0) is 9.47 Å².